The second-order valence-electron chi connectivity index (χ2n) is 47.6. The number of fused-ring (bicyclic) bond motifs is 15. The Balaban J connectivity index is 0.0000000995. The van der Waals surface area contributed by atoms with Crippen LogP contribution < -0.4 is 22.8 Å². The second kappa shape index (κ2) is 39.1. The smallest absolute Gasteiger partial charge is 0.220 e. The highest BCUT2D eigenvalue weighted by atomic mass is 15.3. The Bertz CT molecular complexity index is 7630. The molecule has 4 unspecified atom stereocenters. The molecule has 0 amide bonds. The van der Waals surface area contributed by atoms with Crippen LogP contribution in [0.15, 0.2) is 273 Å². The van der Waals surface area contributed by atoms with Gasteiger partial charge in [0.1, 0.15) is 51.1 Å². The molecule has 5 aliphatic heterocycles. The monoisotopic (exact) mass is 1960 g/mol. The normalized spacial score (nSPS) is 21.5. The zero-order valence-corrected chi connectivity index (χ0v) is 91.5. The minimum absolute atomic E-state index is 0.0114. The van der Waals surface area contributed by atoms with E-state index in [1.807, 2.05) is 0 Å². The molecular weight excluding hydrogens is 1800 g/mol. The van der Waals surface area contributed by atoms with Crippen molar-refractivity contribution in [2.75, 3.05) is 0 Å². The van der Waals surface area contributed by atoms with Gasteiger partial charge in [-0.25, -0.2) is 22.8 Å². The molecule has 0 saturated heterocycles. The zero-order valence-electron chi connectivity index (χ0n) is 92.5. The second-order valence-corrected chi connectivity index (χ2v) is 47.6. The fraction of sp³-hybridized carbons (Fsp3) is 0.413. The van der Waals surface area contributed by atoms with E-state index in [0.717, 1.165) is 17.4 Å². The van der Waals surface area contributed by atoms with E-state index in [1.54, 1.807) is 22.8 Å². The fourth-order valence-corrected chi connectivity index (χ4v) is 31.7. The van der Waals surface area contributed by atoms with Crippen molar-refractivity contribution < 1.29 is 24.2 Å². The molecule has 0 bridgehead atoms. The number of hydrogen-bond donors (Lipinski definition) is 0. The molecular formula is C138H159N10+5. The molecule has 0 spiro atoms. The number of benzene rings is 11. The third-order valence-corrected chi connectivity index (χ3v) is 38.9. The maximum Gasteiger partial charge on any atom is 0.266 e. The van der Waals surface area contributed by atoms with Gasteiger partial charge in [-0.1, -0.05) is 339 Å². The van der Waals surface area contributed by atoms with Crippen molar-refractivity contribution in [1.29, 1.82) is 0 Å². The Morgan fingerprint density at radius 2 is 0.486 bits per heavy atom. The Hall–Kier alpha value is -12.5. The van der Waals surface area contributed by atoms with E-state index in [0.29, 0.717) is 29.6 Å². The van der Waals surface area contributed by atoms with E-state index in [4.69, 9.17) is 0 Å². The van der Waals surface area contributed by atoms with E-state index in [-0.39, 0.29) is 22.2 Å². The van der Waals surface area contributed by atoms with Crippen molar-refractivity contribution in [1.82, 2.24) is 22.8 Å². The summed E-state index contributed by atoms with van der Waals surface area (Å²) in [6.07, 6.45) is 38.7. The lowest BCUT2D eigenvalue weighted by Gasteiger charge is -2.37. The molecule has 10 heteroatoms. The van der Waals surface area contributed by atoms with Crippen LogP contribution >= 0.6 is 0 Å². The van der Waals surface area contributed by atoms with Crippen LogP contribution in [0.1, 0.15) is 384 Å². The van der Waals surface area contributed by atoms with Gasteiger partial charge in [0.15, 0.2) is 62.5 Å². The number of aromatic nitrogens is 10. The average molecular weight is 1960 g/mol. The van der Waals surface area contributed by atoms with Crippen LogP contribution in [0.4, 0.5) is 0 Å². The van der Waals surface area contributed by atoms with E-state index < -0.39 is 6.02 Å². The number of hydrogen-bond acceptors (Lipinski definition) is 0. The molecule has 0 N–H and O–H groups in total. The SMILES string of the molecule is Cc1ccccc1-n1c(C)c2[n+](c1C1CCCC1)C(C)(C)c1ccccc1-2.Cc1ccccc1-n1c(C)c2[n+](c1C1CCCC1)C(C)(C1CCCC1)c1ccccc1-2.Cc1ccccc1-n1c(C)c2[n+](c1C1CCCC1)C(C)(C1CCCCC1)c1ccccc1-2.Cc1ccccc1-n1c(C)c2[n+](c1C1CCCC1)C(C)(c1ccccc1)c1ccccc1-2.[2H]C1(C)c2ccccc2-c2c(C)n(-c3ccccc3C)c(C3CCCC3)[n+]21. The first-order valence-corrected chi connectivity index (χ1v) is 57.6. The van der Waals surface area contributed by atoms with Crippen LogP contribution in [-0.4, -0.2) is 22.8 Å². The quantitative estimate of drug-likeness (QED) is 0.103. The number of aryl methyl sites for hydroxylation is 5. The maximum absolute atomic E-state index is 9.33. The minimum Gasteiger partial charge on any atom is -0.220 e. The van der Waals surface area contributed by atoms with Gasteiger partial charge in [-0.3, -0.25) is 0 Å². The summed E-state index contributed by atoms with van der Waals surface area (Å²) in [7, 11) is 0. The average Bonchev–Trinajstić information content (AvgIpc) is 1.53. The molecule has 12 aliphatic rings. The molecule has 28 rings (SSSR count). The summed E-state index contributed by atoms with van der Waals surface area (Å²) < 4.78 is 35.7. The molecule has 756 valence electrons. The van der Waals surface area contributed by atoms with Gasteiger partial charge in [0.25, 0.3) is 29.1 Å². The molecule has 16 aromatic rings. The molecule has 4 atom stereocenters. The molecule has 7 aliphatic carbocycles. The Labute approximate surface area is 884 Å². The molecule has 7 fully saturated rings. The van der Waals surface area contributed by atoms with Gasteiger partial charge < -0.3 is 0 Å². The number of nitrogens with zero attached hydrogens (tertiary/aromatic N) is 10. The predicted octanol–water partition coefficient (Wildman–Crippen LogP) is 32.6. The van der Waals surface area contributed by atoms with Crippen LogP contribution in [-0.2, 0) is 22.2 Å². The highest BCUT2D eigenvalue weighted by Gasteiger charge is 2.60. The molecule has 10 nitrogen and oxygen atoms in total. The van der Waals surface area contributed by atoms with E-state index in [2.05, 4.69) is 429 Å². The lowest BCUT2D eigenvalue weighted by Crippen LogP contribution is -2.59. The van der Waals surface area contributed by atoms with E-state index >= 15 is 0 Å². The van der Waals surface area contributed by atoms with E-state index in [1.165, 1.54) is 361 Å². The van der Waals surface area contributed by atoms with Gasteiger partial charge in [-0.2, -0.15) is 22.8 Å². The van der Waals surface area contributed by atoms with Gasteiger partial charge in [0.05, 0.1) is 31.0 Å². The first-order valence-electron chi connectivity index (χ1n) is 58.1. The van der Waals surface area contributed by atoms with Crippen molar-refractivity contribution in [2.45, 2.75) is 355 Å². The third-order valence-electron chi connectivity index (χ3n) is 38.9. The summed E-state index contributed by atoms with van der Waals surface area (Å²) in [5.41, 5.74) is 42.6. The standard InChI is InChI=1S/C30H37N2.C30H31N2.C29H35N2.C25H29N2.C24H27N2/c2*1-21-13-7-12-20-27(21)31-22(2)28-25-18-10-11-19-26(25)30(3,24-16-5-4-6-17-24)32(28)29(31)23-14-8-9-15-23;1-20-12-4-11-19-26(20)30-21(2)27-24-17-9-10-18-25(24)29(3,23-15-7-8-16-23)31(27)28(30)22-13-5-6-14-22;1-17-11-5-10-16-22(17)26-18(2)23-20-14-8-9-15-21(20)25(3,4)27(23)24(26)19-12-6-7-13-19;1-16-10-4-9-15-22(16)25-18(3)23-21-14-8-7-13-20(21)17(2)26(23)24(25)19-11-5-6-12-19/h7,10-13,18-20,23-24H,4-6,8-9,14-17H2,1-3H3;4-7,10-13,16-20,23H,8-9,14-15H2,1-3H3;4,9-12,17-19,22-23H,5-8,13-16H2,1-3H3;5,8-11,14-16,19H,6-7,12-13H2,1-4H3;4,7-10,13-15,17,19H,5-6,11-12H2,1-3H3/q5*+1/i;;;;17D. The summed E-state index contributed by atoms with van der Waals surface area (Å²) in [6.45, 7) is 37.3. The summed E-state index contributed by atoms with van der Waals surface area (Å²) in [4.78, 5) is 0. The Kier molecular flexibility index (Phi) is 25.5. The summed E-state index contributed by atoms with van der Waals surface area (Å²) >= 11 is 0. The van der Waals surface area contributed by atoms with Crippen molar-refractivity contribution >= 4 is 0 Å². The Morgan fingerprint density at radius 1 is 0.236 bits per heavy atom. The molecule has 7 saturated carbocycles. The van der Waals surface area contributed by atoms with Crippen LogP contribution in [0, 0.1) is 81.1 Å². The molecule has 11 aromatic carbocycles. The maximum atomic E-state index is 9.33. The van der Waals surface area contributed by atoms with E-state index in [9.17, 15) is 1.37 Å². The highest BCUT2D eigenvalue weighted by Crippen LogP contribution is 2.57. The van der Waals surface area contributed by atoms with Gasteiger partial charge in [0, 0.05) is 108 Å². The predicted molar refractivity (Wildman–Crippen MR) is 605 cm³/mol. The minimum atomic E-state index is -0.761. The Morgan fingerprint density at radius 3 is 0.858 bits per heavy atom. The number of imidazole rings is 5. The molecule has 10 heterocycles. The van der Waals surface area contributed by atoms with Gasteiger partial charge in [-0.15, -0.1) is 0 Å². The van der Waals surface area contributed by atoms with Gasteiger partial charge >= 0.3 is 0 Å². The third kappa shape index (κ3) is 15.4. The van der Waals surface area contributed by atoms with Gasteiger partial charge in [0.2, 0.25) is 0 Å². The summed E-state index contributed by atoms with van der Waals surface area (Å²) in [6, 6.07) is 99.9. The number of para-hydroxylation sites is 5. The molecule has 5 aromatic heterocycles. The first-order chi connectivity index (χ1) is 72.4. The van der Waals surface area contributed by atoms with Crippen LogP contribution in [0.2, 0.25) is 0 Å². The first kappa shape index (κ1) is 96.3. The van der Waals surface area contributed by atoms with Crippen molar-refractivity contribution in [3.8, 4) is 84.7 Å². The van der Waals surface area contributed by atoms with Crippen LogP contribution in [0.25, 0.3) is 84.7 Å². The van der Waals surface area contributed by atoms with Crippen LogP contribution in [0.5, 0.6) is 0 Å². The van der Waals surface area contributed by atoms with Crippen molar-refractivity contribution in [3.63, 3.8) is 0 Å². The summed E-state index contributed by atoms with van der Waals surface area (Å²) in [5, 5.41) is 0. The number of rotatable bonds is 13. The van der Waals surface area contributed by atoms with Crippen LogP contribution in [0.3, 0.4) is 0 Å². The highest BCUT2D eigenvalue weighted by molar-refractivity contribution is 5.75. The molecule has 148 heavy (non-hydrogen) atoms. The fourth-order valence-electron chi connectivity index (χ4n) is 31.7. The topological polar surface area (TPSA) is 44.0 Å². The zero-order chi connectivity index (χ0) is 102. The largest absolute Gasteiger partial charge is 0.266 e. The van der Waals surface area contributed by atoms with Crippen molar-refractivity contribution in [3.05, 3.63) is 392 Å². The van der Waals surface area contributed by atoms with Crippen molar-refractivity contribution in [2.24, 2.45) is 11.8 Å². The molecule has 0 radical (unpaired) electrons. The lowest BCUT2D eigenvalue weighted by molar-refractivity contribution is -0.751. The van der Waals surface area contributed by atoms with Gasteiger partial charge in [-0.05, 0) is 224 Å². The lowest BCUT2D eigenvalue weighted by atomic mass is 9.72. The summed E-state index contributed by atoms with van der Waals surface area (Å²) in [5.74, 6) is 12.0.